The Balaban J connectivity index is 2.22. The van der Waals surface area contributed by atoms with Gasteiger partial charge in [-0.15, -0.1) is 0 Å². The highest BCUT2D eigenvalue weighted by atomic mass is 19.3. The van der Waals surface area contributed by atoms with Gasteiger partial charge in [0.2, 0.25) is 5.95 Å². The van der Waals surface area contributed by atoms with Crippen LogP contribution in [0.5, 0.6) is 0 Å². The van der Waals surface area contributed by atoms with E-state index >= 15 is 0 Å². The molecule has 0 aliphatic rings. The lowest BCUT2D eigenvalue weighted by molar-refractivity contribution is 0.102. The highest BCUT2D eigenvalue weighted by molar-refractivity contribution is 6.03. The van der Waals surface area contributed by atoms with Crippen molar-refractivity contribution < 1.29 is 18.0 Å². The van der Waals surface area contributed by atoms with Gasteiger partial charge in [0.15, 0.2) is 0 Å². The first kappa shape index (κ1) is 13.1. The average Bonchev–Trinajstić information content (AvgIpc) is 2.71. The molecule has 0 aliphatic carbocycles. The maximum atomic E-state index is 13.3. The molecule has 2 aromatic heterocycles. The van der Waals surface area contributed by atoms with Gasteiger partial charge in [-0.1, -0.05) is 0 Å². The number of carbonyl (C=O) groups is 1. The van der Waals surface area contributed by atoms with Crippen molar-refractivity contribution in [3.8, 4) is 0 Å². The summed E-state index contributed by atoms with van der Waals surface area (Å²) in [6, 6.07) is 3.66. The molecule has 0 aromatic carbocycles. The van der Waals surface area contributed by atoms with Gasteiger partial charge < -0.3 is 5.32 Å². The summed E-state index contributed by atoms with van der Waals surface area (Å²) < 4.78 is 39.2. The number of halogens is 3. The van der Waals surface area contributed by atoms with Gasteiger partial charge in [0.25, 0.3) is 12.3 Å². The molecule has 8 heteroatoms. The Kier molecular flexibility index (Phi) is 3.50. The van der Waals surface area contributed by atoms with Crippen LogP contribution in [0, 0.1) is 5.95 Å². The highest BCUT2D eigenvalue weighted by Crippen LogP contribution is 2.20. The van der Waals surface area contributed by atoms with Crippen LogP contribution in [0.15, 0.2) is 24.4 Å². The van der Waals surface area contributed by atoms with Crippen molar-refractivity contribution in [2.24, 2.45) is 7.05 Å². The standard InChI is InChI=1S/C11H9F3N4O/c1-18-8(5-7(17-18)9(12)13)16-11(19)6-3-2-4-15-10(6)14/h2-5,9H,1H3,(H,16,19). The number of carbonyl (C=O) groups excluding carboxylic acids is 1. The topological polar surface area (TPSA) is 59.8 Å². The number of rotatable bonds is 3. The molecule has 0 saturated carbocycles. The average molecular weight is 270 g/mol. The fourth-order valence-electron chi connectivity index (χ4n) is 1.45. The summed E-state index contributed by atoms with van der Waals surface area (Å²) in [4.78, 5) is 15.1. The van der Waals surface area contributed by atoms with Gasteiger partial charge in [0, 0.05) is 19.3 Å². The lowest BCUT2D eigenvalue weighted by Gasteiger charge is -2.04. The van der Waals surface area contributed by atoms with E-state index in [9.17, 15) is 18.0 Å². The highest BCUT2D eigenvalue weighted by Gasteiger charge is 2.17. The van der Waals surface area contributed by atoms with Gasteiger partial charge in [0.1, 0.15) is 11.5 Å². The molecule has 2 aromatic rings. The predicted molar refractivity (Wildman–Crippen MR) is 60.3 cm³/mol. The Morgan fingerprint density at radius 3 is 2.79 bits per heavy atom. The first-order valence-electron chi connectivity index (χ1n) is 5.23. The third-order valence-electron chi connectivity index (χ3n) is 2.37. The van der Waals surface area contributed by atoms with Crippen LogP contribution in [0.25, 0.3) is 0 Å². The fourth-order valence-corrected chi connectivity index (χ4v) is 1.45. The lowest BCUT2D eigenvalue weighted by Crippen LogP contribution is -2.16. The second kappa shape index (κ2) is 5.09. The van der Waals surface area contributed by atoms with E-state index in [1.807, 2.05) is 0 Å². The molecule has 0 unspecified atom stereocenters. The Bertz CT molecular complexity index is 612. The second-order valence-electron chi connectivity index (χ2n) is 3.67. The molecule has 0 fully saturated rings. The molecule has 0 atom stereocenters. The number of nitrogens with zero attached hydrogens (tertiary/aromatic N) is 3. The summed E-state index contributed by atoms with van der Waals surface area (Å²) in [6.45, 7) is 0. The molecule has 0 saturated heterocycles. The van der Waals surface area contributed by atoms with E-state index < -0.39 is 24.0 Å². The molecule has 1 N–H and O–H groups in total. The number of anilines is 1. The van der Waals surface area contributed by atoms with Crippen LogP contribution in [0.1, 0.15) is 22.5 Å². The van der Waals surface area contributed by atoms with Crippen LogP contribution < -0.4 is 5.32 Å². The summed E-state index contributed by atoms with van der Waals surface area (Å²) in [5, 5.41) is 5.81. The fraction of sp³-hybridized carbons (Fsp3) is 0.182. The number of amides is 1. The van der Waals surface area contributed by atoms with Crippen LogP contribution in [0.2, 0.25) is 0 Å². The van der Waals surface area contributed by atoms with Gasteiger partial charge in [-0.3, -0.25) is 9.48 Å². The first-order valence-corrected chi connectivity index (χ1v) is 5.23. The number of aryl methyl sites for hydroxylation is 1. The number of pyridine rings is 1. The van der Waals surface area contributed by atoms with Crippen molar-refractivity contribution in [2.75, 3.05) is 5.32 Å². The minimum absolute atomic E-state index is 0.0450. The van der Waals surface area contributed by atoms with Crippen molar-refractivity contribution in [2.45, 2.75) is 6.43 Å². The summed E-state index contributed by atoms with van der Waals surface area (Å²) in [5.41, 5.74) is -0.744. The van der Waals surface area contributed by atoms with Crippen molar-refractivity contribution in [1.29, 1.82) is 0 Å². The van der Waals surface area contributed by atoms with Crippen molar-refractivity contribution >= 4 is 11.7 Å². The monoisotopic (exact) mass is 270 g/mol. The molecule has 2 rings (SSSR count). The van der Waals surface area contributed by atoms with Gasteiger partial charge in [-0.2, -0.15) is 9.49 Å². The van der Waals surface area contributed by atoms with Gasteiger partial charge in [-0.05, 0) is 12.1 Å². The van der Waals surface area contributed by atoms with E-state index in [-0.39, 0.29) is 11.4 Å². The zero-order valence-corrected chi connectivity index (χ0v) is 9.77. The van der Waals surface area contributed by atoms with E-state index in [2.05, 4.69) is 15.4 Å². The molecular weight excluding hydrogens is 261 g/mol. The van der Waals surface area contributed by atoms with Crippen LogP contribution in [-0.2, 0) is 7.05 Å². The van der Waals surface area contributed by atoms with Gasteiger partial charge >= 0.3 is 0 Å². The third-order valence-corrected chi connectivity index (χ3v) is 2.37. The van der Waals surface area contributed by atoms with Crippen LogP contribution in [0.4, 0.5) is 19.0 Å². The van der Waals surface area contributed by atoms with Gasteiger partial charge in [-0.25, -0.2) is 13.8 Å². The second-order valence-corrected chi connectivity index (χ2v) is 3.67. The zero-order valence-electron chi connectivity index (χ0n) is 9.77. The summed E-state index contributed by atoms with van der Waals surface area (Å²) in [5.74, 6) is -1.67. The third kappa shape index (κ3) is 2.72. The molecule has 100 valence electrons. The van der Waals surface area contributed by atoms with E-state index in [1.54, 1.807) is 0 Å². The van der Waals surface area contributed by atoms with Crippen molar-refractivity contribution in [1.82, 2.24) is 14.8 Å². The van der Waals surface area contributed by atoms with Crippen LogP contribution in [-0.4, -0.2) is 20.7 Å². The first-order chi connectivity index (χ1) is 8.99. The Morgan fingerprint density at radius 1 is 1.47 bits per heavy atom. The Hall–Kier alpha value is -2.38. The van der Waals surface area contributed by atoms with E-state index in [1.165, 1.54) is 25.4 Å². The maximum Gasteiger partial charge on any atom is 0.282 e. The minimum Gasteiger partial charge on any atom is -0.307 e. The largest absolute Gasteiger partial charge is 0.307 e. The number of aromatic nitrogens is 3. The van der Waals surface area contributed by atoms with Crippen LogP contribution >= 0.6 is 0 Å². The summed E-state index contributed by atoms with van der Waals surface area (Å²) in [7, 11) is 1.39. The molecule has 2 heterocycles. The molecule has 0 bridgehead atoms. The zero-order chi connectivity index (χ0) is 14.0. The molecule has 19 heavy (non-hydrogen) atoms. The summed E-state index contributed by atoms with van der Waals surface area (Å²) >= 11 is 0. The molecule has 0 spiro atoms. The normalized spacial score (nSPS) is 10.8. The van der Waals surface area contributed by atoms with E-state index in [4.69, 9.17) is 0 Å². The van der Waals surface area contributed by atoms with E-state index in [0.717, 1.165) is 10.7 Å². The molecule has 1 amide bonds. The number of alkyl halides is 2. The maximum absolute atomic E-state index is 13.3. The number of hydrogen-bond acceptors (Lipinski definition) is 3. The predicted octanol–water partition coefficient (Wildman–Crippen LogP) is 2.14. The van der Waals surface area contributed by atoms with Crippen LogP contribution in [0.3, 0.4) is 0 Å². The number of hydrogen-bond donors (Lipinski definition) is 1. The smallest absolute Gasteiger partial charge is 0.282 e. The van der Waals surface area contributed by atoms with E-state index in [0.29, 0.717) is 0 Å². The molecule has 0 radical (unpaired) electrons. The summed E-state index contributed by atoms with van der Waals surface area (Å²) in [6.07, 6.45) is -1.54. The number of nitrogens with one attached hydrogen (secondary N) is 1. The Labute approximate surface area is 106 Å². The minimum atomic E-state index is -2.74. The van der Waals surface area contributed by atoms with Crippen molar-refractivity contribution in [3.05, 3.63) is 41.6 Å². The SMILES string of the molecule is Cn1nc(C(F)F)cc1NC(=O)c1cccnc1F. The molecule has 0 aliphatic heterocycles. The van der Waals surface area contributed by atoms with Crippen molar-refractivity contribution in [3.63, 3.8) is 0 Å². The lowest BCUT2D eigenvalue weighted by atomic mass is 10.2. The quantitative estimate of drug-likeness (QED) is 0.869. The molecular formula is C11H9F3N4O. The molecule has 5 nitrogen and oxygen atoms in total. The Morgan fingerprint density at radius 2 is 2.21 bits per heavy atom. The van der Waals surface area contributed by atoms with Gasteiger partial charge in [0.05, 0.1) is 5.56 Å².